The number of benzene rings is 3. The lowest BCUT2D eigenvalue weighted by molar-refractivity contribution is 1.31. The summed E-state index contributed by atoms with van der Waals surface area (Å²) in [4.78, 5) is 0. The van der Waals surface area contributed by atoms with Gasteiger partial charge < -0.3 is 0 Å². The van der Waals surface area contributed by atoms with Crippen LogP contribution in [0, 0.1) is 34.6 Å². The lowest BCUT2D eigenvalue weighted by Crippen LogP contribution is -2.68. The van der Waals surface area contributed by atoms with Crippen LogP contribution in [-0.2, 0) is 0 Å². The van der Waals surface area contributed by atoms with Gasteiger partial charge in [0, 0.05) is 133 Å². The van der Waals surface area contributed by atoms with E-state index in [9.17, 15) is 0 Å². The fourth-order valence-corrected chi connectivity index (χ4v) is 6.71. The van der Waals surface area contributed by atoms with Gasteiger partial charge in [0.15, 0.2) is 0 Å². The van der Waals surface area contributed by atoms with Gasteiger partial charge >= 0.3 is 0 Å². The molecule has 3 aromatic rings. The highest BCUT2D eigenvalue weighted by atomic mass is 14.2. The average molecular weight is 492 g/mol. The minimum atomic E-state index is -1.01. The standard InChI is InChI=1S/C19H15B23/c1-6-7(2)11-9(4)12-10(5)15(33-20)19(35(22)23)18(36(24)34-21)14(12)17(38(40(28)29)42(32)41(30)31)13(11)16(8(6)3)37(25)39(26)27/h1-5H3. The van der Waals surface area contributed by atoms with E-state index in [4.69, 9.17) is 101 Å². The predicted octanol–water partition coefficient (Wildman–Crippen LogP) is -7.35. The Hall–Kier alpha value is -0.326. The van der Waals surface area contributed by atoms with Crippen LogP contribution in [0.3, 0.4) is 0 Å². The molecule has 160 valence electrons. The summed E-state index contributed by atoms with van der Waals surface area (Å²) in [5.41, 5.74) is 7.83. The molecule has 0 aromatic heterocycles. The zero-order valence-corrected chi connectivity index (χ0v) is 25.3. The molecule has 0 bridgehead atoms. The Labute approximate surface area is 276 Å². The Morgan fingerprint density at radius 2 is 1.00 bits per heavy atom. The van der Waals surface area contributed by atoms with Crippen molar-refractivity contribution in [2.75, 3.05) is 0 Å². The van der Waals surface area contributed by atoms with Gasteiger partial charge in [-0.3, -0.25) is 0 Å². The van der Waals surface area contributed by atoms with E-state index in [2.05, 4.69) is 0 Å². The molecule has 0 saturated carbocycles. The van der Waals surface area contributed by atoms with Gasteiger partial charge in [0.05, 0.1) is 33.1 Å². The molecular weight excluding hydrogens is 477 g/mol. The molecule has 28 radical (unpaired) electrons. The van der Waals surface area contributed by atoms with Crippen LogP contribution in [0.2, 0.25) is 0 Å². The van der Waals surface area contributed by atoms with Crippen molar-refractivity contribution in [3.63, 3.8) is 0 Å². The van der Waals surface area contributed by atoms with Gasteiger partial charge in [-0.05, 0) is 72.9 Å². The Kier molecular flexibility index (Phi) is 12.0. The summed E-state index contributed by atoms with van der Waals surface area (Å²) in [5, 5.41) is 3.19. The second-order valence-electron chi connectivity index (χ2n) is 11.5. The van der Waals surface area contributed by atoms with Crippen molar-refractivity contribution in [3.05, 3.63) is 27.8 Å². The number of fused-ring (bicyclic) bond motifs is 2. The smallest absolute Gasteiger partial charge is 0.0952 e. The van der Waals surface area contributed by atoms with Crippen molar-refractivity contribution in [2.24, 2.45) is 0 Å². The quantitative estimate of drug-likeness (QED) is 0.195. The zero-order valence-electron chi connectivity index (χ0n) is 25.3. The third kappa shape index (κ3) is 5.97. The van der Waals surface area contributed by atoms with Crippen molar-refractivity contribution in [1.29, 1.82) is 0 Å². The van der Waals surface area contributed by atoms with E-state index in [1.165, 1.54) is 14.2 Å². The minimum absolute atomic E-state index is 0.522. The number of aryl methyl sites for hydroxylation is 3. The number of rotatable bonds is 10. The maximum Gasteiger partial charge on any atom is 0.0952 e. The van der Waals surface area contributed by atoms with Crippen LogP contribution < -0.4 is 27.3 Å². The van der Waals surface area contributed by atoms with Crippen LogP contribution in [0.15, 0.2) is 0 Å². The van der Waals surface area contributed by atoms with E-state index in [1.807, 2.05) is 34.6 Å². The van der Waals surface area contributed by atoms with Crippen molar-refractivity contribution >= 4 is 215 Å². The summed E-state index contributed by atoms with van der Waals surface area (Å²) >= 11 is 0. The Balaban J connectivity index is 3.04. The maximum atomic E-state index is 6.77. The summed E-state index contributed by atoms with van der Waals surface area (Å²) in [5.74, 6) is 0. The molecule has 0 unspecified atom stereocenters. The van der Waals surface area contributed by atoms with Gasteiger partial charge in [-0.1, -0.05) is 27.5 Å². The fraction of sp³-hybridized carbons (Fsp3) is 0.263. The van der Waals surface area contributed by atoms with Gasteiger partial charge in [0.1, 0.15) is 0 Å². The molecule has 0 amide bonds. The van der Waals surface area contributed by atoms with E-state index in [1.54, 1.807) is 0 Å². The molecule has 0 spiro atoms. The second kappa shape index (κ2) is 14.0. The molecule has 0 aliphatic rings. The number of hydrogen-bond donors (Lipinski definition) is 0. The molecule has 0 fully saturated rings. The molecule has 0 aliphatic heterocycles. The van der Waals surface area contributed by atoms with E-state index in [-0.39, 0.29) is 0 Å². The van der Waals surface area contributed by atoms with Gasteiger partial charge in [-0.25, -0.2) is 0 Å². The van der Waals surface area contributed by atoms with Gasteiger partial charge in [0.25, 0.3) is 0 Å². The van der Waals surface area contributed by atoms with Crippen LogP contribution in [-0.4, -0.2) is 166 Å². The molecule has 0 N–H and O–H groups in total. The summed E-state index contributed by atoms with van der Waals surface area (Å²) in [6.07, 6.45) is -3.78. The van der Waals surface area contributed by atoms with Crippen molar-refractivity contribution < 1.29 is 0 Å². The van der Waals surface area contributed by atoms with Crippen molar-refractivity contribution in [3.8, 4) is 0 Å². The molecule has 3 aromatic carbocycles. The Morgan fingerprint density at radius 1 is 0.476 bits per heavy atom. The molecule has 0 saturated heterocycles. The normalized spacial score (nSPS) is 10.8. The molecule has 42 heavy (non-hydrogen) atoms. The SMILES string of the molecule is [B][B]B([B])c1c(B([B])[B])c([B][B])c(C)c2c(C)c3c(C)c(C)c(C)c(B([B])B([B])[B])c3c(B(B([B])[B])B([B])B([B])[B])c12. The first-order valence-corrected chi connectivity index (χ1v) is 13.9. The molecule has 23 heteroatoms. The van der Waals surface area contributed by atoms with Crippen LogP contribution in [0.4, 0.5) is 0 Å². The molecule has 0 atom stereocenters. The van der Waals surface area contributed by atoms with Gasteiger partial charge in [-0.2, -0.15) is 0 Å². The molecular formula is C19H15B23. The Morgan fingerprint density at radius 3 is 1.43 bits per heavy atom. The average Bonchev–Trinajstić information content (AvgIpc) is 2.91. The third-order valence-corrected chi connectivity index (χ3v) is 8.99. The van der Waals surface area contributed by atoms with Gasteiger partial charge in [0.2, 0.25) is 0 Å². The molecule has 0 heterocycles. The van der Waals surface area contributed by atoms with Crippen molar-refractivity contribution in [2.45, 2.75) is 34.6 Å². The molecule has 0 aliphatic carbocycles. The van der Waals surface area contributed by atoms with E-state index < -0.39 is 51.5 Å². The van der Waals surface area contributed by atoms with Crippen LogP contribution >= 0.6 is 0 Å². The lowest BCUT2D eigenvalue weighted by Gasteiger charge is -2.37. The maximum absolute atomic E-state index is 6.77. The predicted molar refractivity (Wildman–Crippen MR) is 216 cm³/mol. The first-order chi connectivity index (χ1) is 19.5. The monoisotopic (exact) mass is 496 g/mol. The van der Waals surface area contributed by atoms with Crippen molar-refractivity contribution in [1.82, 2.24) is 0 Å². The topological polar surface area (TPSA) is 0 Å². The third-order valence-electron chi connectivity index (χ3n) is 8.99. The van der Waals surface area contributed by atoms with E-state index in [0.29, 0.717) is 27.2 Å². The summed E-state index contributed by atoms with van der Waals surface area (Å²) in [6.45, 7) is 6.67. The largest absolute Gasteiger partial charge is 0.112 e. The highest BCUT2D eigenvalue weighted by molar-refractivity contribution is 7.94. The number of hydrogen-bond acceptors (Lipinski definition) is 0. The van der Waals surface area contributed by atoms with E-state index in [0.717, 1.165) is 49.4 Å². The summed E-state index contributed by atoms with van der Waals surface area (Å²) in [7, 11) is 86.1. The first kappa shape index (κ1) is 36.1. The second-order valence-corrected chi connectivity index (χ2v) is 11.5. The highest BCUT2D eigenvalue weighted by Gasteiger charge is 2.37. The van der Waals surface area contributed by atoms with E-state index >= 15 is 0 Å². The summed E-state index contributed by atoms with van der Waals surface area (Å²) < 4.78 is 0. The minimum Gasteiger partial charge on any atom is -0.112 e. The molecule has 0 nitrogen and oxygen atoms in total. The van der Waals surface area contributed by atoms with Crippen LogP contribution in [0.1, 0.15) is 27.8 Å². The zero-order chi connectivity index (χ0) is 32.1. The van der Waals surface area contributed by atoms with Gasteiger partial charge in [-0.15, -0.1) is 10.9 Å². The fourth-order valence-electron chi connectivity index (χ4n) is 6.71. The first-order valence-electron chi connectivity index (χ1n) is 13.9. The highest BCUT2D eigenvalue weighted by Crippen LogP contribution is 2.33. The van der Waals surface area contributed by atoms with Crippen LogP contribution in [0.5, 0.6) is 0 Å². The molecule has 3 rings (SSSR count). The lowest BCUT2D eigenvalue weighted by atomic mass is 8.63. The Bertz CT molecular complexity index is 1480. The summed E-state index contributed by atoms with van der Waals surface area (Å²) in [6, 6.07) is 0. The van der Waals surface area contributed by atoms with Crippen LogP contribution in [0.25, 0.3) is 21.5 Å².